The second kappa shape index (κ2) is 4.92. The van der Waals surface area contributed by atoms with Crippen molar-refractivity contribution in [3.05, 3.63) is 12.2 Å². The average Bonchev–Trinajstić information content (AvgIpc) is 1.76. The first-order valence-corrected chi connectivity index (χ1v) is 7.01. The van der Waals surface area contributed by atoms with Crippen molar-refractivity contribution in [2.45, 2.75) is 38.2 Å². The average molecular weight is 355 g/mol. The quantitative estimate of drug-likeness (QED) is 0.537. The summed E-state index contributed by atoms with van der Waals surface area (Å²) in [5.41, 5.74) is 0.356. The maximum atomic E-state index is 2.34. The molecule has 0 N–H and O–H groups in total. The molecule has 0 aromatic carbocycles. The minimum absolute atomic E-state index is 0.356. The van der Waals surface area contributed by atoms with Crippen LogP contribution in [0, 0.1) is 5.41 Å². The topological polar surface area (TPSA) is 0 Å². The molecule has 0 aromatic heterocycles. The van der Waals surface area contributed by atoms with Crippen molar-refractivity contribution >= 4 is 8.58 Å². The van der Waals surface area contributed by atoms with Crippen molar-refractivity contribution in [1.82, 2.24) is 0 Å². The summed E-state index contributed by atoms with van der Waals surface area (Å²) in [6, 6.07) is 0. The molecule has 0 bridgehead atoms. The molecular formula is C10H20PW. The Morgan fingerprint density at radius 1 is 1.17 bits per heavy atom. The van der Waals surface area contributed by atoms with Crippen molar-refractivity contribution in [2.24, 2.45) is 5.41 Å². The second-order valence-electron chi connectivity index (χ2n) is 4.66. The molecule has 0 aliphatic rings. The first-order valence-electron chi connectivity index (χ1n) is 4.34. The molecular weight excluding hydrogens is 335 g/mol. The number of allylic oxidation sites excluding steroid dienone is 2. The summed E-state index contributed by atoms with van der Waals surface area (Å²) in [6.07, 6.45) is 5.91. The number of hydrogen-bond donors (Lipinski definition) is 0. The predicted molar refractivity (Wildman–Crippen MR) is 55.9 cm³/mol. The maximum absolute atomic E-state index is 2.34. The van der Waals surface area contributed by atoms with Crippen LogP contribution >= 0.6 is 8.58 Å². The van der Waals surface area contributed by atoms with Crippen LogP contribution in [0.1, 0.15) is 34.6 Å². The summed E-state index contributed by atoms with van der Waals surface area (Å²) in [7, 11) is 1.08. The van der Waals surface area contributed by atoms with Gasteiger partial charge in [-0.15, -0.1) is 0 Å². The predicted octanol–water partition coefficient (Wildman–Crippen LogP) is 3.55. The molecule has 0 radical (unpaired) electrons. The Bertz CT molecular complexity index is 148. The fourth-order valence-corrected chi connectivity index (χ4v) is 2.34. The van der Waals surface area contributed by atoms with Crippen LogP contribution in [0.3, 0.4) is 0 Å². The molecule has 0 heterocycles. The zero-order valence-electron chi connectivity index (χ0n) is 8.77. The molecule has 0 aliphatic heterocycles. The Morgan fingerprint density at radius 3 is 2.00 bits per heavy atom. The molecule has 0 saturated carbocycles. The van der Waals surface area contributed by atoms with Crippen molar-refractivity contribution < 1.29 is 19.8 Å². The van der Waals surface area contributed by atoms with Gasteiger partial charge in [-0.2, -0.15) is 0 Å². The Morgan fingerprint density at radius 2 is 1.67 bits per heavy atom. The van der Waals surface area contributed by atoms with Crippen LogP contribution < -0.4 is 0 Å². The van der Waals surface area contributed by atoms with E-state index in [9.17, 15) is 0 Å². The molecule has 0 fully saturated rings. The van der Waals surface area contributed by atoms with E-state index in [0.717, 1.165) is 8.58 Å². The Labute approximate surface area is 90.3 Å². The zero-order valence-corrected chi connectivity index (χ0v) is 12.7. The van der Waals surface area contributed by atoms with Gasteiger partial charge in [0, 0.05) is 0 Å². The van der Waals surface area contributed by atoms with Gasteiger partial charge in [-0.3, -0.25) is 0 Å². The zero-order chi connectivity index (χ0) is 9.83. The summed E-state index contributed by atoms with van der Waals surface area (Å²) < 4.78 is 0.586. The summed E-state index contributed by atoms with van der Waals surface area (Å²) in [4.78, 5) is 0. The third-order valence-electron chi connectivity index (χ3n) is 1.26. The van der Waals surface area contributed by atoms with Crippen molar-refractivity contribution in [2.75, 3.05) is 6.16 Å². The van der Waals surface area contributed by atoms with E-state index in [-0.39, 0.29) is 0 Å². The van der Waals surface area contributed by atoms with Gasteiger partial charge in [0.05, 0.1) is 0 Å². The van der Waals surface area contributed by atoms with E-state index in [2.05, 4.69) is 46.8 Å². The standard InChI is InChI=1S/C10H20P.W/c1-9(2)11-8-6-7-10(3,4)5;/h6-7,11H,8H2,1-5H3;/b7-6+;. The van der Waals surface area contributed by atoms with Gasteiger partial charge >= 0.3 is 90.3 Å². The fourth-order valence-electron chi connectivity index (χ4n) is 0.717. The van der Waals surface area contributed by atoms with Crippen LogP contribution in [0.5, 0.6) is 0 Å². The van der Waals surface area contributed by atoms with Gasteiger partial charge in [0.15, 0.2) is 0 Å². The van der Waals surface area contributed by atoms with E-state index in [1.165, 1.54) is 6.16 Å². The molecule has 0 spiro atoms. The van der Waals surface area contributed by atoms with E-state index in [4.69, 9.17) is 0 Å². The molecule has 0 aliphatic carbocycles. The normalized spacial score (nSPS) is 15.1. The van der Waals surface area contributed by atoms with E-state index < -0.39 is 0 Å². The molecule has 0 saturated heterocycles. The summed E-state index contributed by atoms with van der Waals surface area (Å²) in [6.45, 7) is 11.4. The molecule has 0 amide bonds. The van der Waals surface area contributed by atoms with Crippen LogP contribution in [0.25, 0.3) is 0 Å². The van der Waals surface area contributed by atoms with Gasteiger partial charge in [0.2, 0.25) is 0 Å². The molecule has 1 unspecified atom stereocenters. The van der Waals surface area contributed by atoms with Crippen LogP contribution in [0.2, 0.25) is 0 Å². The number of hydrogen-bond acceptors (Lipinski definition) is 0. The van der Waals surface area contributed by atoms with Crippen molar-refractivity contribution in [3.63, 3.8) is 0 Å². The molecule has 0 rings (SSSR count). The van der Waals surface area contributed by atoms with Gasteiger partial charge in [0.25, 0.3) is 0 Å². The van der Waals surface area contributed by atoms with Gasteiger partial charge in [-0.1, -0.05) is 0 Å². The monoisotopic (exact) mass is 355 g/mol. The first kappa shape index (κ1) is 12.9. The first-order chi connectivity index (χ1) is 5.21. The summed E-state index contributed by atoms with van der Waals surface area (Å²) >= 11 is 1.71. The SMILES string of the molecule is CC(C)(C)/C=C/CP[C](C)(C)[W]. The van der Waals surface area contributed by atoms with Crippen molar-refractivity contribution in [1.29, 1.82) is 0 Å². The molecule has 0 aromatic rings. The molecule has 12 heavy (non-hydrogen) atoms. The van der Waals surface area contributed by atoms with Gasteiger partial charge in [-0.05, 0) is 0 Å². The minimum atomic E-state index is 0.356. The Hall–Kier alpha value is 0.858. The third kappa shape index (κ3) is 10.9. The van der Waals surface area contributed by atoms with E-state index in [0.29, 0.717) is 8.96 Å². The van der Waals surface area contributed by atoms with Crippen LogP contribution in [-0.4, -0.2) is 9.71 Å². The Kier molecular flexibility index (Phi) is 5.27. The fraction of sp³-hybridized carbons (Fsp3) is 0.800. The molecule has 1 atom stereocenters. The van der Waals surface area contributed by atoms with Crippen LogP contribution in [-0.2, 0) is 19.8 Å². The van der Waals surface area contributed by atoms with E-state index >= 15 is 0 Å². The van der Waals surface area contributed by atoms with E-state index in [1.807, 2.05) is 0 Å². The van der Waals surface area contributed by atoms with Crippen LogP contribution in [0.4, 0.5) is 0 Å². The number of rotatable bonds is 3. The van der Waals surface area contributed by atoms with Crippen LogP contribution in [0.15, 0.2) is 12.2 Å². The summed E-state index contributed by atoms with van der Waals surface area (Å²) in [5, 5.41) is 0. The molecule has 2 heteroatoms. The van der Waals surface area contributed by atoms with Gasteiger partial charge < -0.3 is 0 Å². The Balaban J connectivity index is 3.64. The van der Waals surface area contributed by atoms with Gasteiger partial charge in [0.1, 0.15) is 0 Å². The third-order valence-corrected chi connectivity index (χ3v) is 4.11. The second-order valence-corrected chi connectivity index (χ2v) is 11.8. The van der Waals surface area contributed by atoms with E-state index in [1.54, 1.807) is 19.8 Å². The van der Waals surface area contributed by atoms with Gasteiger partial charge in [-0.25, -0.2) is 0 Å². The summed E-state index contributed by atoms with van der Waals surface area (Å²) in [5.74, 6) is 0. The molecule has 0 nitrogen and oxygen atoms in total. The molecule has 71 valence electrons. The van der Waals surface area contributed by atoms with Crippen molar-refractivity contribution in [3.8, 4) is 0 Å².